The van der Waals surface area contributed by atoms with Crippen molar-refractivity contribution in [2.75, 3.05) is 0 Å². The first-order valence-electron chi connectivity index (χ1n) is 5.20. The van der Waals surface area contributed by atoms with Gasteiger partial charge in [0, 0.05) is 43.9 Å². The molecule has 0 fully saturated rings. The predicted octanol–water partition coefficient (Wildman–Crippen LogP) is 1.23. The lowest BCUT2D eigenvalue weighted by molar-refractivity contribution is 0.552. The molecule has 0 saturated heterocycles. The SMILES string of the molecule is NCc1cccn1CCCn1ccnc1. The zero-order valence-corrected chi connectivity index (χ0v) is 8.71. The summed E-state index contributed by atoms with van der Waals surface area (Å²) in [4.78, 5) is 4.01. The number of nitrogens with two attached hydrogens (primary N) is 1. The van der Waals surface area contributed by atoms with Gasteiger partial charge in [0.1, 0.15) is 0 Å². The molecule has 2 N–H and O–H groups in total. The van der Waals surface area contributed by atoms with Crippen molar-refractivity contribution in [2.24, 2.45) is 5.73 Å². The molecule has 4 nitrogen and oxygen atoms in total. The van der Waals surface area contributed by atoms with E-state index in [0.29, 0.717) is 6.54 Å². The summed E-state index contributed by atoms with van der Waals surface area (Å²) in [5.74, 6) is 0. The van der Waals surface area contributed by atoms with E-state index in [-0.39, 0.29) is 0 Å². The van der Waals surface area contributed by atoms with Gasteiger partial charge in [0.15, 0.2) is 0 Å². The minimum atomic E-state index is 0.609. The fourth-order valence-electron chi connectivity index (χ4n) is 1.70. The first-order valence-corrected chi connectivity index (χ1v) is 5.20. The molecule has 0 amide bonds. The Morgan fingerprint density at radius 2 is 2.20 bits per heavy atom. The summed E-state index contributed by atoms with van der Waals surface area (Å²) in [5.41, 5.74) is 6.82. The van der Waals surface area contributed by atoms with E-state index >= 15 is 0 Å². The summed E-state index contributed by atoms with van der Waals surface area (Å²) in [7, 11) is 0. The number of hydrogen-bond donors (Lipinski definition) is 1. The molecule has 80 valence electrons. The predicted molar refractivity (Wildman–Crippen MR) is 59.2 cm³/mol. The minimum Gasteiger partial charge on any atom is -0.350 e. The van der Waals surface area contributed by atoms with Gasteiger partial charge in [-0.3, -0.25) is 0 Å². The maximum absolute atomic E-state index is 5.63. The second kappa shape index (κ2) is 4.79. The van der Waals surface area contributed by atoms with Gasteiger partial charge < -0.3 is 14.9 Å². The summed E-state index contributed by atoms with van der Waals surface area (Å²) in [6.07, 6.45) is 8.81. The van der Waals surface area contributed by atoms with Crippen LogP contribution in [0.25, 0.3) is 0 Å². The Bertz CT molecular complexity index is 388. The molecule has 2 rings (SSSR count). The number of aromatic nitrogens is 3. The van der Waals surface area contributed by atoms with Crippen molar-refractivity contribution in [1.29, 1.82) is 0 Å². The van der Waals surface area contributed by atoms with E-state index in [4.69, 9.17) is 5.73 Å². The highest BCUT2D eigenvalue weighted by molar-refractivity contribution is 5.06. The molecule has 0 saturated carbocycles. The van der Waals surface area contributed by atoms with Gasteiger partial charge in [-0.1, -0.05) is 0 Å². The molecule has 0 aliphatic rings. The summed E-state index contributed by atoms with van der Waals surface area (Å²) in [5, 5.41) is 0. The Morgan fingerprint density at radius 3 is 2.93 bits per heavy atom. The van der Waals surface area contributed by atoms with Crippen LogP contribution in [0.1, 0.15) is 12.1 Å². The normalized spacial score (nSPS) is 10.7. The lowest BCUT2D eigenvalue weighted by Gasteiger charge is -2.07. The van der Waals surface area contributed by atoms with Crippen LogP contribution in [-0.2, 0) is 19.6 Å². The molecule has 0 aromatic carbocycles. The van der Waals surface area contributed by atoms with Crippen LogP contribution in [-0.4, -0.2) is 14.1 Å². The fourth-order valence-corrected chi connectivity index (χ4v) is 1.70. The number of aryl methyl sites for hydroxylation is 2. The van der Waals surface area contributed by atoms with Crippen molar-refractivity contribution < 1.29 is 0 Å². The van der Waals surface area contributed by atoms with E-state index in [0.717, 1.165) is 19.5 Å². The second-order valence-electron chi connectivity index (χ2n) is 3.55. The van der Waals surface area contributed by atoms with E-state index in [1.807, 2.05) is 18.6 Å². The standard InChI is InChI=1S/C11H16N4/c12-9-11-3-1-6-15(11)7-2-5-14-8-4-13-10-14/h1,3-4,6,8,10H,2,5,7,9,12H2. The molecule has 15 heavy (non-hydrogen) atoms. The molecular weight excluding hydrogens is 188 g/mol. The Labute approximate surface area is 89.3 Å². The molecule has 2 heterocycles. The Morgan fingerprint density at radius 1 is 1.27 bits per heavy atom. The molecule has 4 heteroatoms. The molecule has 0 aliphatic carbocycles. The zero-order chi connectivity index (χ0) is 10.5. The molecule has 0 unspecified atom stereocenters. The largest absolute Gasteiger partial charge is 0.350 e. The molecular formula is C11H16N4. The number of nitrogens with zero attached hydrogens (tertiary/aromatic N) is 3. The van der Waals surface area contributed by atoms with Gasteiger partial charge in [-0.2, -0.15) is 0 Å². The third-order valence-corrected chi connectivity index (χ3v) is 2.51. The highest BCUT2D eigenvalue weighted by atomic mass is 15.0. The zero-order valence-electron chi connectivity index (χ0n) is 8.71. The molecule has 0 atom stereocenters. The van der Waals surface area contributed by atoms with Crippen LogP contribution in [0.2, 0.25) is 0 Å². The van der Waals surface area contributed by atoms with Gasteiger partial charge in [-0.15, -0.1) is 0 Å². The Balaban J connectivity index is 1.83. The van der Waals surface area contributed by atoms with Crippen LogP contribution in [0.15, 0.2) is 37.1 Å². The van der Waals surface area contributed by atoms with Gasteiger partial charge in [0.05, 0.1) is 6.33 Å². The maximum atomic E-state index is 5.63. The van der Waals surface area contributed by atoms with Crippen molar-refractivity contribution in [3.63, 3.8) is 0 Å². The average molecular weight is 204 g/mol. The van der Waals surface area contributed by atoms with Crippen LogP contribution in [0.5, 0.6) is 0 Å². The average Bonchev–Trinajstić information content (AvgIpc) is 2.88. The molecule has 0 radical (unpaired) electrons. The van der Waals surface area contributed by atoms with Crippen molar-refractivity contribution in [1.82, 2.24) is 14.1 Å². The Hall–Kier alpha value is -1.55. The maximum Gasteiger partial charge on any atom is 0.0945 e. The van der Waals surface area contributed by atoms with Crippen molar-refractivity contribution in [3.8, 4) is 0 Å². The smallest absolute Gasteiger partial charge is 0.0945 e. The van der Waals surface area contributed by atoms with Crippen LogP contribution in [0, 0.1) is 0 Å². The van der Waals surface area contributed by atoms with Crippen LogP contribution >= 0.6 is 0 Å². The van der Waals surface area contributed by atoms with Crippen LogP contribution in [0.4, 0.5) is 0 Å². The fraction of sp³-hybridized carbons (Fsp3) is 0.364. The summed E-state index contributed by atoms with van der Waals surface area (Å²) < 4.78 is 4.29. The molecule has 0 bridgehead atoms. The highest BCUT2D eigenvalue weighted by Gasteiger charge is 1.98. The van der Waals surface area contributed by atoms with Crippen molar-refractivity contribution in [2.45, 2.75) is 26.1 Å². The third kappa shape index (κ3) is 2.47. The van der Waals surface area contributed by atoms with Crippen molar-refractivity contribution >= 4 is 0 Å². The van der Waals surface area contributed by atoms with Gasteiger partial charge in [0.2, 0.25) is 0 Å². The highest BCUT2D eigenvalue weighted by Crippen LogP contribution is 2.03. The number of rotatable bonds is 5. The lowest BCUT2D eigenvalue weighted by Crippen LogP contribution is -2.08. The summed E-state index contributed by atoms with van der Waals surface area (Å²) in [6, 6.07) is 4.11. The van der Waals surface area contributed by atoms with Gasteiger partial charge in [-0.05, 0) is 18.6 Å². The van der Waals surface area contributed by atoms with Crippen LogP contribution in [0.3, 0.4) is 0 Å². The van der Waals surface area contributed by atoms with E-state index in [9.17, 15) is 0 Å². The third-order valence-electron chi connectivity index (χ3n) is 2.51. The first-order chi connectivity index (χ1) is 7.40. The quantitative estimate of drug-likeness (QED) is 0.796. The molecule has 2 aromatic heterocycles. The van der Waals surface area contributed by atoms with E-state index in [1.54, 1.807) is 6.20 Å². The van der Waals surface area contributed by atoms with E-state index in [1.165, 1.54) is 5.69 Å². The van der Waals surface area contributed by atoms with Gasteiger partial charge in [0.25, 0.3) is 0 Å². The number of imidazole rings is 1. The Kier molecular flexibility index (Phi) is 3.19. The lowest BCUT2D eigenvalue weighted by atomic mass is 10.4. The van der Waals surface area contributed by atoms with Crippen molar-refractivity contribution in [3.05, 3.63) is 42.7 Å². The number of hydrogen-bond acceptors (Lipinski definition) is 2. The topological polar surface area (TPSA) is 48.8 Å². The van der Waals surface area contributed by atoms with Crippen LogP contribution < -0.4 is 5.73 Å². The van der Waals surface area contributed by atoms with E-state index < -0.39 is 0 Å². The summed E-state index contributed by atoms with van der Waals surface area (Å²) in [6.45, 7) is 2.62. The summed E-state index contributed by atoms with van der Waals surface area (Å²) >= 11 is 0. The minimum absolute atomic E-state index is 0.609. The monoisotopic (exact) mass is 204 g/mol. The first kappa shape index (κ1) is 9.98. The molecule has 0 aliphatic heterocycles. The molecule has 2 aromatic rings. The second-order valence-corrected chi connectivity index (χ2v) is 3.55. The van der Waals surface area contributed by atoms with Gasteiger partial charge >= 0.3 is 0 Å². The molecule has 0 spiro atoms. The van der Waals surface area contributed by atoms with E-state index in [2.05, 4.69) is 26.4 Å². The van der Waals surface area contributed by atoms with Gasteiger partial charge in [-0.25, -0.2) is 4.98 Å².